The van der Waals surface area contributed by atoms with Crippen LogP contribution in [0.25, 0.3) is 0 Å². The normalized spacial score (nSPS) is 22.5. The summed E-state index contributed by atoms with van der Waals surface area (Å²) >= 11 is 6.23. The van der Waals surface area contributed by atoms with Crippen molar-refractivity contribution in [3.8, 4) is 0 Å². The van der Waals surface area contributed by atoms with Gasteiger partial charge >= 0.3 is 6.03 Å². The van der Waals surface area contributed by atoms with Crippen molar-refractivity contribution >= 4 is 23.5 Å². The van der Waals surface area contributed by atoms with E-state index in [1.54, 1.807) is 6.07 Å². The van der Waals surface area contributed by atoms with Crippen molar-refractivity contribution < 1.29 is 9.59 Å². The Bertz CT molecular complexity index is 594. The zero-order chi connectivity index (χ0) is 15.7. The standard InChI is InChI=1S/C17H21ClN2O2/c1-12(13-8-4-5-9-14(13)18)20-15(21)17(19-16(20)22)10-6-2-3-7-11-17/h4-5,8-9,12H,2-3,6-7,10-11H2,1H3,(H,19,22)/t12-/m0/s1. The van der Waals surface area contributed by atoms with Crippen LogP contribution in [0, 0.1) is 0 Å². The van der Waals surface area contributed by atoms with E-state index in [0.29, 0.717) is 5.02 Å². The molecule has 2 fully saturated rings. The van der Waals surface area contributed by atoms with E-state index in [1.807, 2.05) is 25.1 Å². The van der Waals surface area contributed by atoms with E-state index in [4.69, 9.17) is 11.6 Å². The fourth-order valence-electron chi connectivity index (χ4n) is 3.62. The van der Waals surface area contributed by atoms with Crippen molar-refractivity contribution in [2.45, 2.75) is 57.0 Å². The Balaban J connectivity index is 1.90. The van der Waals surface area contributed by atoms with Crippen LogP contribution in [-0.2, 0) is 4.79 Å². The number of hydrogen-bond donors (Lipinski definition) is 1. The fraction of sp³-hybridized carbons (Fsp3) is 0.529. The average Bonchev–Trinajstić information content (AvgIpc) is 2.66. The maximum atomic E-state index is 13.0. The van der Waals surface area contributed by atoms with Crippen LogP contribution in [0.4, 0.5) is 4.79 Å². The Morgan fingerprint density at radius 1 is 1.14 bits per heavy atom. The van der Waals surface area contributed by atoms with E-state index in [2.05, 4.69) is 5.32 Å². The molecule has 0 bridgehead atoms. The van der Waals surface area contributed by atoms with E-state index in [9.17, 15) is 9.59 Å². The van der Waals surface area contributed by atoms with Gasteiger partial charge in [-0.1, -0.05) is 55.5 Å². The summed E-state index contributed by atoms with van der Waals surface area (Å²) in [5.74, 6) is -0.0909. The van der Waals surface area contributed by atoms with Gasteiger partial charge in [0.25, 0.3) is 5.91 Å². The third kappa shape index (κ3) is 2.50. The molecule has 3 rings (SSSR count). The molecule has 1 aliphatic carbocycles. The number of rotatable bonds is 2. The average molecular weight is 321 g/mol. The number of carbonyl (C=O) groups is 2. The van der Waals surface area contributed by atoms with Gasteiger partial charge in [0.15, 0.2) is 0 Å². The van der Waals surface area contributed by atoms with Gasteiger partial charge in [0, 0.05) is 5.02 Å². The molecule has 1 saturated heterocycles. The van der Waals surface area contributed by atoms with Gasteiger partial charge in [-0.05, 0) is 31.4 Å². The SMILES string of the molecule is C[C@@H](c1ccccc1Cl)N1C(=O)NC2(CCCCCC2)C1=O. The van der Waals surface area contributed by atoms with Crippen LogP contribution < -0.4 is 5.32 Å². The largest absolute Gasteiger partial charge is 0.325 e. The molecule has 22 heavy (non-hydrogen) atoms. The summed E-state index contributed by atoms with van der Waals surface area (Å²) in [6.45, 7) is 1.86. The van der Waals surface area contributed by atoms with Crippen LogP contribution in [0.15, 0.2) is 24.3 Å². The molecule has 1 N–H and O–H groups in total. The molecule has 1 heterocycles. The van der Waals surface area contributed by atoms with E-state index in [0.717, 1.165) is 44.1 Å². The highest BCUT2D eigenvalue weighted by Gasteiger charge is 2.52. The molecule has 1 aromatic carbocycles. The number of imide groups is 1. The second kappa shape index (κ2) is 5.92. The van der Waals surface area contributed by atoms with Gasteiger partial charge in [-0.15, -0.1) is 0 Å². The molecular formula is C17H21ClN2O2. The number of urea groups is 1. The second-order valence-corrected chi connectivity index (χ2v) is 6.71. The minimum Gasteiger partial charge on any atom is -0.323 e. The number of halogens is 1. The Kier molecular flexibility index (Phi) is 4.13. The number of carbonyl (C=O) groups excluding carboxylic acids is 2. The van der Waals surface area contributed by atoms with Crippen LogP contribution in [0.2, 0.25) is 5.02 Å². The second-order valence-electron chi connectivity index (χ2n) is 6.30. The molecule has 5 heteroatoms. The predicted octanol–water partition coefficient (Wildman–Crippen LogP) is 4.05. The zero-order valence-electron chi connectivity index (χ0n) is 12.8. The highest BCUT2D eigenvalue weighted by molar-refractivity contribution is 6.31. The first-order chi connectivity index (χ1) is 10.6. The van der Waals surface area contributed by atoms with Gasteiger partial charge in [-0.3, -0.25) is 9.69 Å². The third-order valence-electron chi connectivity index (χ3n) is 4.89. The number of hydrogen-bond acceptors (Lipinski definition) is 2. The summed E-state index contributed by atoms with van der Waals surface area (Å²) < 4.78 is 0. The molecule has 2 aliphatic rings. The van der Waals surface area contributed by atoms with E-state index in [-0.39, 0.29) is 18.0 Å². The van der Waals surface area contributed by atoms with E-state index in [1.165, 1.54) is 4.90 Å². The van der Waals surface area contributed by atoms with Crippen molar-refractivity contribution in [3.63, 3.8) is 0 Å². The number of nitrogens with zero attached hydrogens (tertiary/aromatic N) is 1. The van der Waals surface area contributed by atoms with Gasteiger partial charge in [-0.2, -0.15) is 0 Å². The first-order valence-corrected chi connectivity index (χ1v) is 8.33. The minimum atomic E-state index is -0.691. The molecular weight excluding hydrogens is 300 g/mol. The Morgan fingerprint density at radius 3 is 2.41 bits per heavy atom. The summed E-state index contributed by atoms with van der Waals surface area (Å²) in [7, 11) is 0. The number of nitrogens with one attached hydrogen (secondary N) is 1. The summed E-state index contributed by atoms with van der Waals surface area (Å²) in [4.78, 5) is 26.8. The monoisotopic (exact) mass is 320 g/mol. The lowest BCUT2D eigenvalue weighted by Gasteiger charge is -2.27. The summed E-state index contributed by atoms with van der Waals surface area (Å²) in [6.07, 6.45) is 5.71. The minimum absolute atomic E-state index is 0.0909. The van der Waals surface area contributed by atoms with E-state index < -0.39 is 5.54 Å². The number of benzene rings is 1. The highest BCUT2D eigenvalue weighted by atomic mass is 35.5. The lowest BCUT2D eigenvalue weighted by Crippen LogP contribution is -2.46. The first kappa shape index (κ1) is 15.3. The van der Waals surface area contributed by atoms with Crippen molar-refractivity contribution in [3.05, 3.63) is 34.9 Å². The smallest absolute Gasteiger partial charge is 0.323 e. The van der Waals surface area contributed by atoms with Crippen LogP contribution in [0.5, 0.6) is 0 Å². The quantitative estimate of drug-likeness (QED) is 0.836. The fourth-order valence-corrected chi connectivity index (χ4v) is 3.91. The van der Waals surface area contributed by atoms with Crippen molar-refractivity contribution in [1.82, 2.24) is 10.2 Å². The molecule has 1 spiro atoms. The Hall–Kier alpha value is -1.55. The Morgan fingerprint density at radius 2 is 1.77 bits per heavy atom. The van der Waals surface area contributed by atoms with Crippen molar-refractivity contribution in [1.29, 1.82) is 0 Å². The molecule has 118 valence electrons. The van der Waals surface area contributed by atoms with Crippen LogP contribution >= 0.6 is 11.6 Å². The first-order valence-electron chi connectivity index (χ1n) is 7.95. The van der Waals surface area contributed by atoms with E-state index >= 15 is 0 Å². The summed E-state index contributed by atoms with van der Waals surface area (Å²) in [5.41, 5.74) is 0.113. The topological polar surface area (TPSA) is 49.4 Å². The maximum Gasteiger partial charge on any atom is 0.325 e. The van der Waals surface area contributed by atoms with Crippen LogP contribution in [0.3, 0.4) is 0 Å². The summed E-state index contributed by atoms with van der Waals surface area (Å²) in [5, 5.41) is 3.55. The zero-order valence-corrected chi connectivity index (χ0v) is 13.5. The summed E-state index contributed by atoms with van der Waals surface area (Å²) in [6, 6.07) is 6.72. The third-order valence-corrected chi connectivity index (χ3v) is 5.24. The van der Waals surface area contributed by atoms with Gasteiger partial charge < -0.3 is 5.32 Å². The molecule has 3 amide bonds. The van der Waals surface area contributed by atoms with Gasteiger partial charge in [-0.25, -0.2) is 4.79 Å². The van der Waals surface area contributed by atoms with Gasteiger partial charge in [0.2, 0.25) is 0 Å². The molecule has 0 unspecified atom stereocenters. The maximum absolute atomic E-state index is 13.0. The lowest BCUT2D eigenvalue weighted by atomic mass is 9.90. The highest BCUT2D eigenvalue weighted by Crippen LogP contribution is 2.37. The molecule has 1 aromatic rings. The predicted molar refractivity (Wildman–Crippen MR) is 85.7 cm³/mol. The number of amides is 3. The van der Waals surface area contributed by atoms with Crippen LogP contribution in [0.1, 0.15) is 57.1 Å². The molecule has 0 radical (unpaired) electrons. The molecule has 1 saturated carbocycles. The molecule has 1 atom stereocenters. The molecule has 1 aliphatic heterocycles. The lowest BCUT2D eigenvalue weighted by molar-refractivity contribution is -0.133. The van der Waals surface area contributed by atoms with Gasteiger partial charge in [0.05, 0.1) is 6.04 Å². The van der Waals surface area contributed by atoms with Gasteiger partial charge in [0.1, 0.15) is 5.54 Å². The Labute approximate surface area is 135 Å². The van der Waals surface area contributed by atoms with Crippen molar-refractivity contribution in [2.24, 2.45) is 0 Å². The molecule has 0 aromatic heterocycles. The van der Waals surface area contributed by atoms with Crippen LogP contribution in [-0.4, -0.2) is 22.4 Å². The van der Waals surface area contributed by atoms with Crippen molar-refractivity contribution in [2.75, 3.05) is 0 Å². The molecule has 4 nitrogen and oxygen atoms in total.